The summed E-state index contributed by atoms with van der Waals surface area (Å²) in [7, 11) is 2.91. The largest absolute Gasteiger partial charge is 0.507 e. The summed E-state index contributed by atoms with van der Waals surface area (Å²) in [5, 5.41) is 21.6. The summed E-state index contributed by atoms with van der Waals surface area (Å²) >= 11 is 0. The zero-order valence-electron chi connectivity index (χ0n) is 17.4. The van der Waals surface area contributed by atoms with Crippen LogP contribution < -0.4 is 14.4 Å². The van der Waals surface area contributed by atoms with Crippen molar-refractivity contribution in [3.8, 4) is 17.2 Å². The summed E-state index contributed by atoms with van der Waals surface area (Å²) < 4.78 is 10.6. The zero-order chi connectivity index (χ0) is 22.8. The number of aromatic nitrogens is 1. The second kappa shape index (κ2) is 8.43. The monoisotopic (exact) mass is 432 g/mol. The highest BCUT2D eigenvalue weighted by Crippen LogP contribution is 2.45. The van der Waals surface area contributed by atoms with Crippen LogP contribution in [0.5, 0.6) is 17.2 Å². The Morgan fingerprint density at radius 1 is 1.00 bits per heavy atom. The van der Waals surface area contributed by atoms with Gasteiger partial charge in [0.2, 0.25) is 0 Å². The number of amides is 1. The van der Waals surface area contributed by atoms with Crippen molar-refractivity contribution in [2.24, 2.45) is 0 Å². The topological polar surface area (TPSA) is 109 Å². The Hall–Kier alpha value is -4.33. The van der Waals surface area contributed by atoms with Gasteiger partial charge in [-0.2, -0.15) is 0 Å². The molecule has 1 saturated heterocycles. The van der Waals surface area contributed by atoms with Gasteiger partial charge < -0.3 is 19.7 Å². The standard InChI is InChI=1S/C24H20N2O6/c1-31-14-10-11-15(19(13-14)32-2)22(28)20-21(16-7-5-6-12-25-16)26(24(30)23(20)29)17-8-3-4-9-18(17)27/h3-13,21,27-28H,1-2H3/b22-20-. The van der Waals surface area contributed by atoms with Crippen molar-refractivity contribution in [3.05, 3.63) is 83.7 Å². The minimum absolute atomic E-state index is 0.131. The molecule has 162 valence electrons. The van der Waals surface area contributed by atoms with Gasteiger partial charge in [0.05, 0.1) is 36.7 Å². The fourth-order valence-corrected chi connectivity index (χ4v) is 3.71. The van der Waals surface area contributed by atoms with Crippen LogP contribution in [0.2, 0.25) is 0 Å². The summed E-state index contributed by atoms with van der Waals surface area (Å²) in [5.41, 5.74) is 0.528. The number of carbonyl (C=O) groups excluding carboxylic acids is 2. The zero-order valence-corrected chi connectivity index (χ0v) is 17.4. The Balaban J connectivity index is 1.97. The molecule has 0 saturated carbocycles. The molecule has 2 aromatic carbocycles. The number of hydrogen-bond acceptors (Lipinski definition) is 7. The highest BCUT2D eigenvalue weighted by Gasteiger charge is 2.48. The molecule has 4 rings (SSSR count). The number of aliphatic hydroxyl groups is 1. The van der Waals surface area contributed by atoms with Crippen LogP contribution in [0.25, 0.3) is 5.76 Å². The van der Waals surface area contributed by atoms with Gasteiger partial charge in [-0.15, -0.1) is 0 Å². The second-order valence-electron chi connectivity index (χ2n) is 6.98. The Bertz CT molecular complexity index is 1220. The van der Waals surface area contributed by atoms with Crippen molar-refractivity contribution in [1.82, 2.24) is 4.98 Å². The Morgan fingerprint density at radius 3 is 2.41 bits per heavy atom. The lowest BCUT2D eigenvalue weighted by Gasteiger charge is -2.25. The van der Waals surface area contributed by atoms with Gasteiger partial charge in [-0.25, -0.2) is 0 Å². The number of carbonyl (C=O) groups is 2. The first-order chi connectivity index (χ1) is 15.5. The van der Waals surface area contributed by atoms with E-state index in [9.17, 15) is 19.8 Å². The summed E-state index contributed by atoms with van der Waals surface area (Å²) in [6.07, 6.45) is 1.52. The molecule has 1 aliphatic rings. The van der Waals surface area contributed by atoms with Gasteiger partial charge in [0, 0.05) is 12.3 Å². The van der Waals surface area contributed by atoms with Crippen LogP contribution >= 0.6 is 0 Å². The number of pyridine rings is 1. The Morgan fingerprint density at radius 2 is 1.75 bits per heavy atom. The number of phenols is 1. The highest BCUT2D eigenvalue weighted by molar-refractivity contribution is 6.51. The summed E-state index contributed by atoms with van der Waals surface area (Å²) in [5.74, 6) is -1.64. The number of anilines is 1. The number of aromatic hydroxyl groups is 1. The van der Waals surface area contributed by atoms with Crippen molar-refractivity contribution in [1.29, 1.82) is 0 Å². The third kappa shape index (κ3) is 3.41. The van der Waals surface area contributed by atoms with E-state index in [1.54, 1.807) is 42.5 Å². The molecule has 8 heteroatoms. The molecule has 1 unspecified atom stereocenters. The molecule has 1 aromatic heterocycles. The maximum Gasteiger partial charge on any atom is 0.300 e. The van der Waals surface area contributed by atoms with E-state index in [1.807, 2.05) is 0 Å². The number of para-hydroxylation sites is 2. The van der Waals surface area contributed by atoms with Crippen LogP contribution in [-0.2, 0) is 9.59 Å². The lowest BCUT2D eigenvalue weighted by atomic mass is 9.97. The van der Waals surface area contributed by atoms with E-state index in [0.29, 0.717) is 11.4 Å². The average Bonchev–Trinajstić information content (AvgIpc) is 3.09. The molecule has 2 heterocycles. The molecule has 32 heavy (non-hydrogen) atoms. The number of hydrogen-bond donors (Lipinski definition) is 2. The van der Waals surface area contributed by atoms with Gasteiger partial charge in [-0.05, 0) is 36.4 Å². The first-order valence-electron chi connectivity index (χ1n) is 9.70. The van der Waals surface area contributed by atoms with Crippen LogP contribution in [-0.4, -0.2) is 41.1 Å². The molecule has 0 bridgehead atoms. The van der Waals surface area contributed by atoms with Crippen LogP contribution in [0.4, 0.5) is 5.69 Å². The molecular weight excluding hydrogens is 412 g/mol. The van der Waals surface area contributed by atoms with E-state index >= 15 is 0 Å². The fourth-order valence-electron chi connectivity index (χ4n) is 3.71. The molecule has 0 radical (unpaired) electrons. The highest BCUT2D eigenvalue weighted by atomic mass is 16.5. The number of ketones is 1. The third-order valence-electron chi connectivity index (χ3n) is 5.22. The Kier molecular flexibility index (Phi) is 5.51. The van der Waals surface area contributed by atoms with Crippen molar-refractivity contribution < 1.29 is 29.3 Å². The molecule has 2 N–H and O–H groups in total. The number of phenolic OH excluding ortho intramolecular Hbond substituents is 1. The number of rotatable bonds is 5. The van der Waals surface area contributed by atoms with Crippen molar-refractivity contribution >= 4 is 23.1 Å². The van der Waals surface area contributed by atoms with E-state index in [-0.39, 0.29) is 28.3 Å². The predicted molar refractivity (Wildman–Crippen MR) is 117 cm³/mol. The van der Waals surface area contributed by atoms with Crippen LogP contribution in [0.3, 0.4) is 0 Å². The molecule has 8 nitrogen and oxygen atoms in total. The minimum atomic E-state index is -1.06. The van der Waals surface area contributed by atoms with Crippen molar-refractivity contribution in [2.75, 3.05) is 19.1 Å². The molecule has 1 aliphatic heterocycles. The van der Waals surface area contributed by atoms with Crippen LogP contribution in [0, 0.1) is 0 Å². The summed E-state index contributed by atoms with van der Waals surface area (Å²) in [4.78, 5) is 31.7. The number of methoxy groups -OCH3 is 2. The van der Waals surface area contributed by atoms with Gasteiger partial charge in [0.1, 0.15) is 29.0 Å². The first kappa shape index (κ1) is 20.9. The Labute approximate surface area is 184 Å². The first-order valence-corrected chi connectivity index (χ1v) is 9.70. The molecule has 0 spiro atoms. The molecule has 1 atom stereocenters. The van der Waals surface area contributed by atoms with E-state index in [0.717, 1.165) is 4.90 Å². The SMILES string of the molecule is COc1ccc(/C(O)=C2/C(=O)C(=O)N(c3ccccc3O)C2c2ccccn2)c(OC)c1. The number of benzene rings is 2. The summed E-state index contributed by atoms with van der Waals surface area (Å²) in [6, 6.07) is 14.9. The molecular formula is C24H20N2O6. The number of ether oxygens (including phenoxy) is 2. The van der Waals surface area contributed by atoms with Crippen molar-refractivity contribution in [2.45, 2.75) is 6.04 Å². The van der Waals surface area contributed by atoms with Gasteiger partial charge in [0.15, 0.2) is 0 Å². The van der Waals surface area contributed by atoms with E-state index in [2.05, 4.69) is 4.98 Å². The molecule has 1 amide bonds. The van der Waals surface area contributed by atoms with Crippen molar-refractivity contribution in [3.63, 3.8) is 0 Å². The maximum absolute atomic E-state index is 13.1. The normalized spacial score (nSPS) is 17.4. The van der Waals surface area contributed by atoms with Crippen LogP contribution in [0.15, 0.2) is 72.4 Å². The smallest absolute Gasteiger partial charge is 0.300 e. The minimum Gasteiger partial charge on any atom is -0.507 e. The number of nitrogens with zero attached hydrogens (tertiary/aromatic N) is 2. The van der Waals surface area contributed by atoms with E-state index in [1.165, 1.54) is 38.6 Å². The quantitative estimate of drug-likeness (QED) is 0.361. The number of Topliss-reactive ketones (excluding diaryl/α,β-unsaturated/α-hetero) is 1. The fraction of sp³-hybridized carbons (Fsp3) is 0.125. The lowest BCUT2D eigenvalue weighted by Crippen LogP contribution is -2.29. The van der Waals surface area contributed by atoms with Crippen LogP contribution in [0.1, 0.15) is 17.3 Å². The van der Waals surface area contributed by atoms with Gasteiger partial charge in [-0.1, -0.05) is 18.2 Å². The number of aliphatic hydroxyl groups excluding tert-OH is 1. The predicted octanol–water partition coefficient (Wildman–Crippen LogP) is 3.43. The molecule has 1 fully saturated rings. The third-order valence-corrected chi connectivity index (χ3v) is 5.22. The van der Waals surface area contributed by atoms with E-state index in [4.69, 9.17) is 9.47 Å². The maximum atomic E-state index is 13.1. The lowest BCUT2D eigenvalue weighted by molar-refractivity contribution is -0.132. The van der Waals surface area contributed by atoms with Gasteiger partial charge >= 0.3 is 0 Å². The average molecular weight is 432 g/mol. The van der Waals surface area contributed by atoms with Gasteiger partial charge in [-0.3, -0.25) is 19.5 Å². The molecule has 0 aliphatic carbocycles. The van der Waals surface area contributed by atoms with E-state index < -0.39 is 23.5 Å². The molecule has 3 aromatic rings. The second-order valence-corrected chi connectivity index (χ2v) is 6.98. The summed E-state index contributed by atoms with van der Waals surface area (Å²) in [6.45, 7) is 0. The van der Waals surface area contributed by atoms with Gasteiger partial charge in [0.25, 0.3) is 11.7 Å².